The van der Waals surface area contributed by atoms with Crippen molar-refractivity contribution in [3.63, 3.8) is 0 Å². The first kappa shape index (κ1) is 19.0. The molecule has 0 radical (unpaired) electrons. The monoisotopic (exact) mass is 432 g/mol. The van der Waals surface area contributed by atoms with Crippen molar-refractivity contribution in [2.24, 2.45) is 7.05 Å². The van der Waals surface area contributed by atoms with Crippen molar-refractivity contribution in [2.45, 2.75) is 53.2 Å². The quantitative estimate of drug-likeness (QED) is 0.608. The minimum absolute atomic E-state index is 0.00172. The zero-order valence-electron chi connectivity index (χ0n) is 17.3. The zero-order chi connectivity index (χ0) is 21.2. The van der Waals surface area contributed by atoms with Gasteiger partial charge in [0.25, 0.3) is 0 Å². The molecule has 3 aliphatic heterocycles. The molecule has 158 valence electrons. The van der Waals surface area contributed by atoms with Crippen LogP contribution in [0.5, 0.6) is 0 Å². The van der Waals surface area contributed by atoms with Gasteiger partial charge in [-0.25, -0.2) is 9.78 Å². The van der Waals surface area contributed by atoms with Crippen LogP contribution < -0.4 is 4.90 Å². The van der Waals surface area contributed by atoms with Gasteiger partial charge in [-0.3, -0.25) is 4.90 Å². The molecule has 2 bridgehead atoms. The molecule has 3 aliphatic rings. The molecule has 1 N–H and O–H groups in total. The van der Waals surface area contributed by atoms with Crippen molar-refractivity contribution >= 4 is 29.2 Å². The Balaban J connectivity index is 1.37. The van der Waals surface area contributed by atoms with Crippen molar-refractivity contribution in [2.75, 3.05) is 4.90 Å². The van der Waals surface area contributed by atoms with E-state index in [4.69, 9.17) is 0 Å². The summed E-state index contributed by atoms with van der Waals surface area (Å²) in [6.45, 7) is 0. The van der Waals surface area contributed by atoms with Gasteiger partial charge in [-0.15, -0.1) is 0 Å². The largest absolute Gasteiger partial charge is 0.382 e. The predicted octanol–water partition coefficient (Wildman–Crippen LogP) is 4.66. The number of anilines is 2. The van der Waals surface area contributed by atoms with Gasteiger partial charge in [0.05, 0.1) is 11.4 Å². The van der Waals surface area contributed by atoms with Crippen LogP contribution in [0.2, 0.25) is 0 Å². The number of urea groups is 1. The Morgan fingerprint density at radius 3 is 2.16 bits per heavy atom. The van der Waals surface area contributed by atoms with Crippen LogP contribution in [0, 0.1) is 0 Å². The first-order valence-corrected chi connectivity index (χ1v) is 11.6. The molecule has 2 fully saturated rings. The van der Waals surface area contributed by atoms with Crippen molar-refractivity contribution in [1.29, 1.82) is 0 Å². The fraction of sp³-hybridized carbons (Fsp3) is 0.333. The predicted molar refractivity (Wildman–Crippen MR) is 120 cm³/mol. The highest BCUT2D eigenvalue weighted by atomic mass is 32.2. The maximum atomic E-state index is 14.0. The molecule has 0 unspecified atom stereocenters. The number of aromatic nitrogens is 2. The molecule has 4 heterocycles. The molecule has 6 rings (SSSR count). The summed E-state index contributed by atoms with van der Waals surface area (Å²) in [5, 5.41) is 11.5. The van der Waals surface area contributed by atoms with Crippen molar-refractivity contribution in [1.82, 2.24) is 14.5 Å². The Morgan fingerprint density at radius 2 is 1.61 bits per heavy atom. The molecule has 2 amide bonds. The number of imidazole rings is 1. The van der Waals surface area contributed by atoms with Crippen LogP contribution in [0.4, 0.5) is 16.2 Å². The summed E-state index contributed by atoms with van der Waals surface area (Å²) in [6, 6.07) is 16.2. The van der Waals surface area contributed by atoms with E-state index in [9.17, 15) is 9.90 Å². The lowest BCUT2D eigenvalue weighted by Crippen LogP contribution is -2.55. The Kier molecular flexibility index (Phi) is 4.20. The van der Waals surface area contributed by atoms with Crippen LogP contribution in [0.3, 0.4) is 0 Å². The van der Waals surface area contributed by atoms with Crippen molar-refractivity contribution in [3.8, 4) is 0 Å². The minimum atomic E-state index is -0.992. The van der Waals surface area contributed by atoms with E-state index in [0.29, 0.717) is 18.7 Å². The standard InChI is InChI=1S/C24H24N4O2S/c1-26-13-12-25-22(26)24(30)14-16-10-11-17(15-24)27(16)23(29)28-18-6-2-4-8-20(18)31-21-9-5-3-7-19(21)28/h2-9,12-13,16-17,30H,10-11,14-15H2,1H3/t16-,17-/m1/s1. The summed E-state index contributed by atoms with van der Waals surface area (Å²) in [5.74, 6) is 0.696. The van der Waals surface area contributed by atoms with Gasteiger partial charge in [0.15, 0.2) is 0 Å². The molecule has 6 nitrogen and oxygen atoms in total. The number of aliphatic hydroxyl groups is 1. The average Bonchev–Trinajstić information content (AvgIpc) is 3.33. The second kappa shape index (κ2) is 6.87. The first-order chi connectivity index (χ1) is 15.0. The average molecular weight is 433 g/mol. The molecule has 7 heteroatoms. The van der Waals surface area contributed by atoms with Crippen LogP contribution in [-0.2, 0) is 12.6 Å². The molecule has 0 saturated carbocycles. The summed E-state index contributed by atoms with van der Waals surface area (Å²) in [4.78, 5) is 24.5. The number of hydrogen-bond donors (Lipinski definition) is 1. The number of amides is 2. The number of carbonyl (C=O) groups excluding carboxylic acids is 1. The number of rotatable bonds is 1. The second-order valence-electron chi connectivity index (χ2n) is 8.75. The van der Waals surface area contributed by atoms with E-state index in [1.807, 2.05) is 64.0 Å². The number of fused-ring (bicyclic) bond motifs is 4. The van der Waals surface area contributed by atoms with Gasteiger partial charge in [-0.1, -0.05) is 36.0 Å². The lowest BCUT2D eigenvalue weighted by molar-refractivity contribution is -0.0510. The number of carbonyl (C=O) groups is 1. The summed E-state index contributed by atoms with van der Waals surface area (Å²) >= 11 is 1.70. The second-order valence-corrected chi connectivity index (χ2v) is 9.83. The number of benzene rings is 2. The first-order valence-electron chi connectivity index (χ1n) is 10.7. The SMILES string of the molecule is Cn1ccnc1C1(O)C[C@H]2CC[C@H](C1)N2C(=O)N1c2ccccc2Sc2ccccc21. The van der Waals surface area contributed by atoms with E-state index >= 15 is 0 Å². The Labute approximate surface area is 185 Å². The lowest BCUT2D eigenvalue weighted by atomic mass is 9.85. The van der Waals surface area contributed by atoms with Gasteiger partial charge in [0.1, 0.15) is 11.4 Å². The topological polar surface area (TPSA) is 61.6 Å². The third kappa shape index (κ3) is 2.83. The zero-order valence-corrected chi connectivity index (χ0v) is 18.1. The number of piperidine rings is 1. The molecule has 0 spiro atoms. The van der Waals surface area contributed by atoms with Gasteiger partial charge in [-0.05, 0) is 37.1 Å². The van der Waals surface area contributed by atoms with Crippen molar-refractivity contribution < 1.29 is 9.90 Å². The Morgan fingerprint density at radius 1 is 1.03 bits per heavy atom. The normalized spacial score (nSPS) is 26.5. The van der Waals surface area contributed by atoms with E-state index in [0.717, 1.165) is 34.0 Å². The third-order valence-corrected chi connectivity index (χ3v) is 7.98. The lowest BCUT2D eigenvalue weighted by Gasteiger charge is -2.45. The molecule has 2 atom stereocenters. The summed E-state index contributed by atoms with van der Waals surface area (Å²) in [5.41, 5.74) is 0.870. The summed E-state index contributed by atoms with van der Waals surface area (Å²) in [6.07, 6.45) is 6.46. The van der Waals surface area contributed by atoms with E-state index < -0.39 is 5.60 Å². The maximum absolute atomic E-state index is 14.0. The maximum Gasteiger partial charge on any atom is 0.329 e. The number of para-hydroxylation sites is 2. The highest BCUT2D eigenvalue weighted by molar-refractivity contribution is 7.99. The Bertz CT molecular complexity index is 1120. The van der Waals surface area contributed by atoms with Gasteiger partial charge in [-0.2, -0.15) is 0 Å². The third-order valence-electron chi connectivity index (χ3n) is 6.85. The van der Waals surface area contributed by atoms with Crippen LogP contribution in [0.15, 0.2) is 70.7 Å². The van der Waals surface area contributed by atoms with Crippen LogP contribution in [0.1, 0.15) is 31.5 Å². The summed E-state index contributed by atoms with van der Waals surface area (Å²) < 4.78 is 1.89. The fourth-order valence-corrected chi connectivity index (χ4v) is 6.62. The molecule has 3 aromatic rings. The highest BCUT2D eigenvalue weighted by Gasteiger charge is 2.52. The molecule has 0 aliphatic carbocycles. The molecule has 1 aromatic heterocycles. The molecule has 31 heavy (non-hydrogen) atoms. The smallest absolute Gasteiger partial charge is 0.329 e. The summed E-state index contributed by atoms with van der Waals surface area (Å²) in [7, 11) is 1.92. The number of aryl methyl sites for hydroxylation is 1. The molecule has 2 saturated heterocycles. The van der Waals surface area contributed by atoms with Crippen LogP contribution in [-0.4, -0.2) is 37.7 Å². The van der Waals surface area contributed by atoms with E-state index in [1.54, 1.807) is 18.0 Å². The minimum Gasteiger partial charge on any atom is -0.382 e. The molecule has 2 aromatic carbocycles. The van der Waals surface area contributed by atoms with E-state index in [2.05, 4.69) is 17.1 Å². The van der Waals surface area contributed by atoms with Gasteiger partial charge in [0.2, 0.25) is 0 Å². The highest BCUT2D eigenvalue weighted by Crippen LogP contribution is 2.51. The Hall–Kier alpha value is -2.77. The van der Waals surface area contributed by atoms with Gasteiger partial charge < -0.3 is 14.6 Å². The van der Waals surface area contributed by atoms with Crippen LogP contribution >= 0.6 is 11.8 Å². The number of nitrogens with zero attached hydrogens (tertiary/aromatic N) is 4. The number of hydrogen-bond acceptors (Lipinski definition) is 4. The molecular formula is C24H24N4O2S. The molecular weight excluding hydrogens is 408 g/mol. The van der Waals surface area contributed by atoms with Crippen LogP contribution in [0.25, 0.3) is 0 Å². The van der Waals surface area contributed by atoms with Gasteiger partial charge in [0, 0.05) is 54.2 Å². The van der Waals surface area contributed by atoms with Gasteiger partial charge >= 0.3 is 6.03 Å². The van der Waals surface area contributed by atoms with Crippen molar-refractivity contribution in [3.05, 3.63) is 66.7 Å². The fourth-order valence-electron chi connectivity index (χ4n) is 5.56. The van der Waals surface area contributed by atoms with E-state index in [-0.39, 0.29) is 18.1 Å². The van der Waals surface area contributed by atoms with E-state index in [1.165, 1.54) is 0 Å².